The van der Waals surface area contributed by atoms with E-state index in [0.717, 1.165) is 23.0 Å². The van der Waals surface area contributed by atoms with Crippen molar-refractivity contribution in [1.29, 1.82) is 0 Å². The summed E-state index contributed by atoms with van der Waals surface area (Å²) in [6, 6.07) is 2.01. The van der Waals surface area contributed by atoms with Crippen LogP contribution >= 0.6 is 15.9 Å². The molecule has 0 spiro atoms. The van der Waals surface area contributed by atoms with Crippen LogP contribution in [0.4, 0.5) is 0 Å². The Balaban J connectivity index is 2.61. The van der Waals surface area contributed by atoms with Gasteiger partial charge in [-0.25, -0.2) is 4.98 Å². The first-order valence-electron chi connectivity index (χ1n) is 5.95. The van der Waals surface area contributed by atoms with Crippen molar-refractivity contribution in [2.45, 2.75) is 32.4 Å². The lowest BCUT2D eigenvalue weighted by molar-refractivity contribution is 0.00499. The van der Waals surface area contributed by atoms with Gasteiger partial charge < -0.3 is 14.8 Å². The Morgan fingerprint density at radius 2 is 2.17 bits per heavy atom. The van der Waals surface area contributed by atoms with Crippen LogP contribution < -0.4 is 10.1 Å². The highest BCUT2D eigenvalue weighted by Crippen LogP contribution is 2.21. The van der Waals surface area contributed by atoms with E-state index in [0.29, 0.717) is 12.5 Å². The zero-order valence-corrected chi connectivity index (χ0v) is 13.0. The molecule has 4 nitrogen and oxygen atoms in total. The van der Waals surface area contributed by atoms with E-state index in [1.807, 2.05) is 27.0 Å². The molecule has 0 atom stereocenters. The van der Waals surface area contributed by atoms with Crippen molar-refractivity contribution < 1.29 is 9.47 Å². The van der Waals surface area contributed by atoms with Crippen molar-refractivity contribution in [3.63, 3.8) is 0 Å². The first-order valence-corrected chi connectivity index (χ1v) is 6.75. The monoisotopic (exact) mass is 316 g/mol. The quantitative estimate of drug-likeness (QED) is 0.840. The van der Waals surface area contributed by atoms with Crippen LogP contribution in [-0.4, -0.2) is 31.3 Å². The van der Waals surface area contributed by atoms with E-state index < -0.39 is 0 Å². The summed E-state index contributed by atoms with van der Waals surface area (Å²) in [5, 5.41) is 3.10. The molecule has 1 aromatic rings. The maximum Gasteiger partial charge on any atom is 0.217 e. The summed E-state index contributed by atoms with van der Waals surface area (Å²) in [5.41, 5.74) is 0.875. The highest BCUT2D eigenvalue weighted by Gasteiger charge is 2.16. The average Bonchev–Trinajstić information content (AvgIpc) is 2.32. The van der Waals surface area contributed by atoms with Gasteiger partial charge in [0.1, 0.15) is 0 Å². The Morgan fingerprint density at radius 3 is 2.78 bits per heavy atom. The molecular weight excluding hydrogens is 296 g/mol. The molecule has 0 aliphatic rings. The number of rotatable bonds is 7. The average molecular weight is 317 g/mol. The predicted octanol–water partition coefficient (Wildman–Crippen LogP) is 2.76. The molecule has 18 heavy (non-hydrogen) atoms. The minimum absolute atomic E-state index is 0.168. The van der Waals surface area contributed by atoms with Gasteiger partial charge in [-0.2, -0.15) is 0 Å². The first kappa shape index (κ1) is 15.4. The lowest BCUT2D eigenvalue weighted by Gasteiger charge is -2.22. The fraction of sp³-hybridized carbons (Fsp3) is 0.615. The van der Waals surface area contributed by atoms with Gasteiger partial charge in [-0.3, -0.25) is 0 Å². The van der Waals surface area contributed by atoms with Crippen molar-refractivity contribution in [3.05, 3.63) is 22.3 Å². The van der Waals surface area contributed by atoms with Gasteiger partial charge in [0, 0.05) is 36.3 Å². The second-order valence-electron chi connectivity index (χ2n) is 4.71. The van der Waals surface area contributed by atoms with E-state index in [2.05, 4.69) is 26.2 Å². The normalized spacial score (nSPS) is 11.6. The van der Waals surface area contributed by atoms with E-state index >= 15 is 0 Å². The van der Waals surface area contributed by atoms with Crippen LogP contribution in [0.5, 0.6) is 5.88 Å². The molecule has 0 aromatic carbocycles. The van der Waals surface area contributed by atoms with Gasteiger partial charge in [0.25, 0.3) is 0 Å². The Hall–Kier alpha value is -0.650. The van der Waals surface area contributed by atoms with Gasteiger partial charge in [-0.05, 0) is 42.9 Å². The van der Waals surface area contributed by atoms with Crippen molar-refractivity contribution >= 4 is 15.9 Å². The van der Waals surface area contributed by atoms with Crippen molar-refractivity contribution in [2.75, 3.05) is 20.8 Å². The maximum absolute atomic E-state index is 5.73. The minimum Gasteiger partial charge on any atom is -0.477 e. The largest absolute Gasteiger partial charge is 0.477 e. The molecule has 1 heterocycles. The molecule has 0 unspecified atom stereocenters. The van der Waals surface area contributed by atoms with Crippen molar-refractivity contribution in [1.82, 2.24) is 10.3 Å². The van der Waals surface area contributed by atoms with Crippen LogP contribution in [0.1, 0.15) is 25.8 Å². The molecule has 0 fully saturated rings. The molecule has 1 aromatic heterocycles. The number of methoxy groups -OCH3 is 1. The number of hydrogen-bond acceptors (Lipinski definition) is 4. The fourth-order valence-corrected chi connectivity index (χ4v) is 1.79. The van der Waals surface area contributed by atoms with E-state index in [1.54, 1.807) is 13.3 Å². The second kappa shape index (κ2) is 7.07. The van der Waals surface area contributed by atoms with Gasteiger partial charge >= 0.3 is 0 Å². The van der Waals surface area contributed by atoms with E-state index in [1.165, 1.54) is 0 Å². The number of aromatic nitrogens is 1. The Labute approximate surface area is 117 Å². The molecule has 0 radical (unpaired) electrons. The second-order valence-corrected chi connectivity index (χ2v) is 5.63. The number of nitrogens with one attached hydrogen (secondary N) is 1. The molecule has 5 heteroatoms. The standard InChI is InChI=1S/C13H21BrN2O2/c1-13(2,17-4)5-6-18-12-10(8-15-3)7-11(14)9-16-12/h7,9,15H,5-6,8H2,1-4H3. The number of hydrogen-bond donors (Lipinski definition) is 1. The predicted molar refractivity (Wildman–Crippen MR) is 75.9 cm³/mol. The number of nitrogens with zero attached hydrogens (tertiary/aromatic N) is 1. The maximum atomic E-state index is 5.73. The van der Waals surface area contributed by atoms with Gasteiger partial charge in [-0.1, -0.05) is 0 Å². The van der Waals surface area contributed by atoms with Gasteiger partial charge in [0.15, 0.2) is 0 Å². The molecule has 1 rings (SSSR count). The summed E-state index contributed by atoms with van der Waals surface area (Å²) in [7, 11) is 3.61. The summed E-state index contributed by atoms with van der Waals surface area (Å²) in [6.45, 7) is 5.40. The summed E-state index contributed by atoms with van der Waals surface area (Å²) in [6.07, 6.45) is 2.57. The molecule has 1 N–H and O–H groups in total. The summed E-state index contributed by atoms with van der Waals surface area (Å²) >= 11 is 3.41. The zero-order chi connectivity index (χ0) is 13.6. The highest BCUT2D eigenvalue weighted by atomic mass is 79.9. The summed E-state index contributed by atoms with van der Waals surface area (Å²) in [5.74, 6) is 0.680. The highest BCUT2D eigenvalue weighted by molar-refractivity contribution is 9.10. The lowest BCUT2D eigenvalue weighted by atomic mass is 10.1. The van der Waals surface area contributed by atoms with E-state index in [-0.39, 0.29) is 5.60 Å². The van der Waals surface area contributed by atoms with Crippen LogP contribution in [0.15, 0.2) is 16.7 Å². The molecular formula is C13H21BrN2O2. The number of pyridine rings is 1. The lowest BCUT2D eigenvalue weighted by Crippen LogP contribution is -2.25. The Kier molecular flexibility index (Phi) is 6.05. The van der Waals surface area contributed by atoms with Crippen molar-refractivity contribution in [2.24, 2.45) is 0 Å². The Bertz CT molecular complexity index is 383. The molecule has 0 aliphatic carbocycles. The van der Waals surface area contributed by atoms with E-state index in [4.69, 9.17) is 9.47 Å². The molecule has 0 aliphatic heterocycles. The third kappa shape index (κ3) is 4.92. The molecule has 0 bridgehead atoms. The third-order valence-corrected chi connectivity index (χ3v) is 3.19. The summed E-state index contributed by atoms with van der Waals surface area (Å²) < 4.78 is 12.0. The van der Waals surface area contributed by atoms with Gasteiger partial charge in [0.05, 0.1) is 12.2 Å². The van der Waals surface area contributed by atoms with Crippen molar-refractivity contribution in [3.8, 4) is 5.88 Å². The fourth-order valence-electron chi connectivity index (χ4n) is 1.41. The van der Waals surface area contributed by atoms with Crippen LogP contribution in [-0.2, 0) is 11.3 Å². The molecule has 0 saturated carbocycles. The van der Waals surface area contributed by atoms with Gasteiger partial charge in [0.2, 0.25) is 5.88 Å². The SMILES string of the molecule is CNCc1cc(Br)cnc1OCCC(C)(C)OC. The van der Waals surface area contributed by atoms with Crippen LogP contribution in [0.25, 0.3) is 0 Å². The van der Waals surface area contributed by atoms with Crippen LogP contribution in [0.3, 0.4) is 0 Å². The minimum atomic E-state index is -0.168. The topological polar surface area (TPSA) is 43.4 Å². The zero-order valence-electron chi connectivity index (χ0n) is 11.4. The first-order chi connectivity index (χ1) is 8.48. The van der Waals surface area contributed by atoms with E-state index in [9.17, 15) is 0 Å². The number of ether oxygens (including phenoxy) is 2. The number of halogens is 1. The molecule has 0 saturated heterocycles. The van der Waals surface area contributed by atoms with Gasteiger partial charge in [-0.15, -0.1) is 0 Å². The smallest absolute Gasteiger partial charge is 0.217 e. The Morgan fingerprint density at radius 1 is 1.44 bits per heavy atom. The molecule has 102 valence electrons. The van der Waals surface area contributed by atoms with Crippen LogP contribution in [0.2, 0.25) is 0 Å². The summed E-state index contributed by atoms with van der Waals surface area (Å²) in [4.78, 5) is 4.29. The molecule has 0 amide bonds. The third-order valence-electron chi connectivity index (χ3n) is 2.75. The van der Waals surface area contributed by atoms with Crippen LogP contribution in [0, 0.1) is 0 Å².